The smallest absolute Gasteiger partial charge is 0.408 e. The molecule has 8 heteroatoms. The van der Waals surface area contributed by atoms with Crippen LogP contribution >= 0.6 is 0 Å². The molecule has 0 aromatic carbocycles. The van der Waals surface area contributed by atoms with E-state index in [4.69, 9.17) is 4.74 Å². The van der Waals surface area contributed by atoms with Gasteiger partial charge in [-0.2, -0.15) is 0 Å². The first-order valence-electron chi connectivity index (χ1n) is 8.27. The number of ether oxygens (including phenoxy) is 1. The SMILES string of the molecule is CC(O)C(NC(=O)OC(C)(C)C)C(=O)N1C(C)CCC12CNC2=O. The van der Waals surface area contributed by atoms with Gasteiger partial charge in [-0.1, -0.05) is 0 Å². The van der Waals surface area contributed by atoms with Crippen LogP contribution in [0.5, 0.6) is 0 Å². The van der Waals surface area contributed by atoms with Crippen LogP contribution in [0.15, 0.2) is 0 Å². The molecule has 3 N–H and O–H groups in total. The lowest BCUT2D eigenvalue weighted by atomic mass is 9.87. The topological polar surface area (TPSA) is 108 Å². The molecule has 4 atom stereocenters. The Labute approximate surface area is 141 Å². The van der Waals surface area contributed by atoms with E-state index in [1.54, 1.807) is 20.8 Å². The first-order valence-corrected chi connectivity index (χ1v) is 8.27. The number of rotatable bonds is 3. The predicted octanol–water partition coefficient (Wildman–Crippen LogP) is 0.140. The van der Waals surface area contributed by atoms with Crippen LogP contribution in [-0.2, 0) is 14.3 Å². The zero-order chi connectivity index (χ0) is 18.3. The van der Waals surface area contributed by atoms with Crippen molar-refractivity contribution in [1.29, 1.82) is 0 Å². The maximum Gasteiger partial charge on any atom is 0.408 e. The molecule has 2 aliphatic heterocycles. The molecule has 0 aromatic rings. The normalized spacial score (nSPS) is 28.8. The fourth-order valence-electron chi connectivity index (χ4n) is 3.28. The molecular formula is C16H27N3O5. The molecule has 0 aromatic heterocycles. The van der Waals surface area contributed by atoms with Gasteiger partial charge in [-0.05, 0) is 47.5 Å². The fraction of sp³-hybridized carbons (Fsp3) is 0.812. The van der Waals surface area contributed by atoms with Gasteiger partial charge < -0.3 is 25.4 Å². The van der Waals surface area contributed by atoms with Gasteiger partial charge in [0.25, 0.3) is 0 Å². The summed E-state index contributed by atoms with van der Waals surface area (Å²) in [5, 5.41) is 15.1. The van der Waals surface area contributed by atoms with Crippen molar-refractivity contribution in [3.05, 3.63) is 0 Å². The lowest BCUT2D eigenvalue weighted by molar-refractivity contribution is -0.156. The van der Waals surface area contributed by atoms with Gasteiger partial charge in [0, 0.05) is 6.04 Å². The highest BCUT2D eigenvalue weighted by molar-refractivity contribution is 5.99. The fourth-order valence-corrected chi connectivity index (χ4v) is 3.28. The van der Waals surface area contributed by atoms with Crippen molar-refractivity contribution in [2.45, 2.75) is 76.8 Å². The molecule has 8 nitrogen and oxygen atoms in total. The van der Waals surface area contributed by atoms with Gasteiger partial charge in [0.1, 0.15) is 17.2 Å². The molecular weight excluding hydrogens is 314 g/mol. The van der Waals surface area contributed by atoms with Crippen LogP contribution in [-0.4, -0.2) is 63.8 Å². The largest absolute Gasteiger partial charge is 0.444 e. The molecule has 2 heterocycles. The molecule has 24 heavy (non-hydrogen) atoms. The highest BCUT2D eigenvalue weighted by Gasteiger charge is 2.58. The van der Waals surface area contributed by atoms with Crippen LogP contribution in [0.2, 0.25) is 0 Å². The first-order chi connectivity index (χ1) is 11.0. The number of likely N-dealkylation sites (tertiary alicyclic amines) is 1. The van der Waals surface area contributed by atoms with Gasteiger partial charge in [-0.3, -0.25) is 9.59 Å². The summed E-state index contributed by atoms with van der Waals surface area (Å²) >= 11 is 0. The number of carbonyl (C=O) groups excluding carboxylic acids is 3. The Morgan fingerprint density at radius 1 is 1.46 bits per heavy atom. The standard InChI is InChI=1S/C16H27N3O5/c1-9-6-7-16(8-17-13(16)22)19(9)12(21)11(10(2)20)18-14(23)24-15(3,4)5/h9-11,20H,6-8H2,1-5H3,(H,17,22)(H,18,23). The lowest BCUT2D eigenvalue weighted by Gasteiger charge is -2.46. The third kappa shape index (κ3) is 3.33. The van der Waals surface area contributed by atoms with E-state index in [2.05, 4.69) is 10.6 Å². The van der Waals surface area contributed by atoms with Gasteiger partial charge in [0.05, 0.1) is 12.6 Å². The molecule has 2 fully saturated rings. The van der Waals surface area contributed by atoms with Gasteiger partial charge >= 0.3 is 6.09 Å². The summed E-state index contributed by atoms with van der Waals surface area (Å²) in [6.07, 6.45) is -0.596. The summed E-state index contributed by atoms with van der Waals surface area (Å²) < 4.78 is 5.16. The Hall–Kier alpha value is -1.83. The van der Waals surface area contributed by atoms with Crippen molar-refractivity contribution in [2.24, 2.45) is 0 Å². The number of β-lactam (4-membered cyclic amide) rings is 1. The quantitative estimate of drug-likeness (QED) is 0.633. The van der Waals surface area contributed by atoms with Crippen molar-refractivity contribution in [3.8, 4) is 0 Å². The predicted molar refractivity (Wildman–Crippen MR) is 86.1 cm³/mol. The van der Waals surface area contributed by atoms with E-state index in [9.17, 15) is 19.5 Å². The Morgan fingerprint density at radius 2 is 2.08 bits per heavy atom. The molecule has 2 saturated heterocycles. The zero-order valence-corrected chi connectivity index (χ0v) is 14.9. The Kier molecular flexibility index (Phi) is 4.81. The summed E-state index contributed by atoms with van der Waals surface area (Å²) in [7, 11) is 0. The molecule has 0 aliphatic carbocycles. The van der Waals surface area contributed by atoms with Crippen molar-refractivity contribution >= 4 is 17.9 Å². The number of hydrogen-bond donors (Lipinski definition) is 3. The van der Waals surface area contributed by atoms with E-state index in [1.165, 1.54) is 11.8 Å². The van der Waals surface area contributed by atoms with E-state index in [1.807, 2.05) is 6.92 Å². The minimum atomic E-state index is -1.16. The number of nitrogens with one attached hydrogen (secondary N) is 2. The van der Waals surface area contributed by atoms with E-state index in [0.29, 0.717) is 19.4 Å². The number of amides is 3. The van der Waals surface area contributed by atoms with Crippen LogP contribution in [0, 0.1) is 0 Å². The van der Waals surface area contributed by atoms with Gasteiger partial charge in [-0.25, -0.2) is 4.79 Å². The van der Waals surface area contributed by atoms with Gasteiger partial charge in [0.2, 0.25) is 11.8 Å². The van der Waals surface area contributed by atoms with Crippen LogP contribution in [0.4, 0.5) is 4.79 Å². The maximum absolute atomic E-state index is 13.0. The average molecular weight is 341 g/mol. The number of aliphatic hydroxyl groups is 1. The second-order valence-electron chi connectivity index (χ2n) is 7.67. The van der Waals surface area contributed by atoms with E-state index >= 15 is 0 Å². The van der Waals surface area contributed by atoms with Crippen molar-refractivity contribution in [2.75, 3.05) is 6.54 Å². The third-order valence-electron chi connectivity index (χ3n) is 4.50. The molecule has 136 valence electrons. The third-order valence-corrected chi connectivity index (χ3v) is 4.50. The Balaban J connectivity index is 2.17. The second kappa shape index (κ2) is 6.23. The van der Waals surface area contributed by atoms with E-state index in [0.717, 1.165) is 0 Å². The molecule has 2 aliphatic rings. The summed E-state index contributed by atoms with van der Waals surface area (Å²) in [5.41, 5.74) is -1.56. The maximum atomic E-state index is 13.0. The van der Waals surface area contributed by atoms with Gasteiger partial charge in [-0.15, -0.1) is 0 Å². The van der Waals surface area contributed by atoms with Crippen molar-refractivity contribution < 1.29 is 24.2 Å². The number of hydrogen-bond acceptors (Lipinski definition) is 5. The van der Waals surface area contributed by atoms with Gasteiger partial charge in [0.15, 0.2) is 0 Å². The number of carbonyl (C=O) groups is 3. The van der Waals surface area contributed by atoms with Crippen molar-refractivity contribution in [3.63, 3.8) is 0 Å². The molecule has 2 rings (SSSR count). The molecule has 0 radical (unpaired) electrons. The highest BCUT2D eigenvalue weighted by Crippen LogP contribution is 2.38. The summed E-state index contributed by atoms with van der Waals surface area (Å²) in [4.78, 5) is 38.5. The van der Waals surface area contributed by atoms with Crippen LogP contribution in [0.3, 0.4) is 0 Å². The van der Waals surface area contributed by atoms with Crippen LogP contribution < -0.4 is 10.6 Å². The Bertz CT molecular complexity index is 542. The molecule has 3 amide bonds. The lowest BCUT2D eigenvalue weighted by Crippen LogP contribution is -2.74. The van der Waals surface area contributed by atoms with Crippen LogP contribution in [0.25, 0.3) is 0 Å². The van der Waals surface area contributed by atoms with Crippen molar-refractivity contribution in [1.82, 2.24) is 15.5 Å². The summed E-state index contributed by atoms with van der Waals surface area (Å²) in [6, 6.07) is -1.30. The van der Waals surface area contributed by atoms with Crippen LogP contribution in [0.1, 0.15) is 47.5 Å². The number of aliphatic hydroxyl groups excluding tert-OH is 1. The van der Waals surface area contributed by atoms with E-state index in [-0.39, 0.29) is 11.9 Å². The minimum absolute atomic E-state index is 0.134. The molecule has 0 bridgehead atoms. The first kappa shape index (κ1) is 18.5. The highest BCUT2D eigenvalue weighted by atomic mass is 16.6. The zero-order valence-electron chi connectivity index (χ0n) is 14.9. The molecule has 0 saturated carbocycles. The summed E-state index contributed by atoms with van der Waals surface area (Å²) in [5.74, 6) is -0.641. The minimum Gasteiger partial charge on any atom is -0.444 e. The molecule has 1 spiro atoms. The monoisotopic (exact) mass is 341 g/mol. The second-order valence-corrected chi connectivity index (χ2v) is 7.67. The van der Waals surface area contributed by atoms with E-state index < -0.39 is 35.3 Å². The number of nitrogens with zero attached hydrogens (tertiary/aromatic N) is 1. The molecule has 4 unspecified atom stereocenters. The average Bonchev–Trinajstić information content (AvgIpc) is 2.80. The number of alkyl carbamates (subject to hydrolysis) is 1. The summed E-state index contributed by atoms with van der Waals surface area (Å²) in [6.45, 7) is 8.83. The Morgan fingerprint density at radius 3 is 2.50 bits per heavy atom.